The van der Waals surface area contributed by atoms with E-state index in [0.717, 1.165) is 5.38 Å². The van der Waals surface area contributed by atoms with E-state index >= 15 is 0 Å². The van der Waals surface area contributed by atoms with Gasteiger partial charge in [0.25, 0.3) is 0 Å². The summed E-state index contributed by atoms with van der Waals surface area (Å²) >= 11 is 4.08. The second-order valence-electron chi connectivity index (χ2n) is 1.58. The van der Waals surface area contributed by atoms with Gasteiger partial charge in [0.05, 0.1) is 0 Å². The molecule has 0 rings (SSSR count). The zero-order chi connectivity index (χ0) is 4.28. The van der Waals surface area contributed by atoms with Gasteiger partial charge in [-0.05, 0) is 5.38 Å². The maximum absolute atomic E-state index is 4.08. The third-order valence-electron chi connectivity index (χ3n) is 0.365. The lowest BCUT2D eigenvalue weighted by Gasteiger charge is -1.87. The summed E-state index contributed by atoms with van der Waals surface area (Å²) in [4.78, 5) is 0. The second kappa shape index (κ2) is 5.57. The van der Waals surface area contributed by atoms with Crippen molar-refractivity contribution in [1.82, 2.24) is 0 Å². The van der Waals surface area contributed by atoms with Gasteiger partial charge in [0, 0.05) is 8.80 Å². The summed E-state index contributed by atoms with van der Waals surface area (Å²) in [5, 5.41) is 1.14. The average molecular weight is 122 g/mol. The van der Waals surface area contributed by atoms with Crippen molar-refractivity contribution in [2.75, 3.05) is 5.38 Å². The number of rotatable bonds is 1. The minimum atomic E-state index is -0.285. The quantitative estimate of drug-likeness (QED) is 0.396. The summed E-state index contributed by atoms with van der Waals surface area (Å²) in [6.07, 6.45) is 0. The van der Waals surface area contributed by atoms with Crippen LogP contribution in [0.4, 0.5) is 0 Å². The Morgan fingerprint density at radius 3 is 1.67 bits per heavy atom. The van der Waals surface area contributed by atoms with Gasteiger partial charge in [-0.2, -0.15) is 12.6 Å². The highest BCUT2D eigenvalue weighted by atomic mass is 32.1. The van der Waals surface area contributed by atoms with Crippen molar-refractivity contribution in [3.63, 3.8) is 0 Å². The monoisotopic (exact) mass is 122 g/mol. The van der Waals surface area contributed by atoms with E-state index < -0.39 is 0 Å². The Balaban J connectivity index is 0. The molecule has 0 aromatic heterocycles. The summed E-state index contributed by atoms with van der Waals surface area (Å²) < 4.78 is 0. The topological polar surface area (TPSA) is 0 Å². The van der Waals surface area contributed by atoms with Gasteiger partial charge >= 0.3 is 0 Å². The molecule has 0 fully saturated rings. The first kappa shape index (κ1) is 9.76. The van der Waals surface area contributed by atoms with E-state index in [0.29, 0.717) is 0 Å². The van der Waals surface area contributed by atoms with Gasteiger partial charge < -0.3 is 0 Å². The lowest BCUT2D eigenvalue weighted by Crippen LogP contribution is -1.99. The minimum Gasteiger partial charge on any atom is -0.183 e. The molecule has 0 saturated carbocycles. The van der Waals surface area contributed by atoms with Crippen molar-refractivity contribution < 1.29 is 0 Å². The van der Waals surface area contributed by atoms with E-state index in [1.165, 1.54) is 0 Å². The smallest absolute Gasteiger partial charge is 0.0414 e. The molecule has 0 aliphatic carbocycles. The van der Waals surface area contributed by atoms with Crippen molar-refractivity contribution in [1.29, 1.82) is 0 Å². The highest BCUT2D eigenvalue weighted by Gasteiger charge is 1.83. The number of thiol groups is 1. The molecule has 0 unspecified atom stereocenters. The van der Waals surface area contributed by atoms with Crippen molar-refractivity contribution in [2.45, 2.75) is 20.5 Å². The van der Waals surface area contributed by atoms with Crippen molar-refractivity contribution >= 4 is 21.4 Å². The Bertz CT molecular complexity index is 21.5. The third-order valence-corrected chi connectivity index (χ3v) is 3.29. The predicted molar refractivity (Wildman–Crippen MR) is 39.5 cm³/mol. The Morgan fingerprint density at radius 2 is 1.67 bits per heavy atom. The molecular weight excluding hydrogens is 108 g/mol. The summed E-state index contributed by atoms with van der Waals surface area (Å²) in [7, 11) is -0.285. The summed E-state index contributed by atoms with van der Waals surface area (Å²) in [5.41, 5.74) is 0. The molecule has 0 spiro atoms. The molecule has 2 heteroatoms. The average Bonchev–Trinajstić information content (AvgIpc) is 1.38. The van der Waals surface area contributed by atoms with Crippen LogP contribution in [0.2, 0.25) is 13.1 Å². The molecule has 40 valence electrons. The minimum absolute atomic E-state index is 0. The van der Waals surface area contributed by atoms with Crippen LogP contribution in [-0.2, 0) is 0 Å². The van der Waals surface area contributed by atoms with E-state index in [2.05, 4.69) is 25.7 Å². The molecule has 0 aliphatic heterocycles. The molecule has 0 heterocycles. The molecule has 0 atom stereocenters. The van der Waals surface area contributed by atoms with Gasteiger partial charge in [0.15, 0.2) is 0 Å². The zero-order valence-corrected chi connectivity index (χ0v) is 5.78. The van der Waals surface area contributed by atoms with Crippen molar-refractivity contribution in [3.8, 4) is 0 Å². The van der Waals surface area contributed by atoms with Gasteiger partial charge in [0.1, 0.15) is 0 Å². The Kier molecular flexibility index (Phi) is 9.05. The van der Waals surface area contributed by atoms with Crippen molar-refractivity contribution in [2.24, 2.45) is 0 Å². The van der Waals surface area contributed by atoms with Crippen LogP contribution in [0.15, 0.2) is 0 Å². The lowest BCUT2D eigenvalue weighted by molar-refractivity contribution is 1.88. The van der Waals surface area contributed by atoms with Crippen LogP contribution in [0.3, 0.4) is 0 Å². The Labute approximate surface area is 48.0 Å². The molecule has 0 N–H and O–H groups in total. The van der Waals surface area contributed by atoms with E-state index in [-0.39, 0.29) is 16.2 Å². The van der Waals surface area contributed by atoms with Gasteiger partial charge in [-0.1, -0.05) is 20.5 Å². The van der Waals surface area contributed by atoms with Gasteiger partial charge in [-0.15, -0.1) is 0 Å². The number of hydrogen-bond donors (Lipinski definition) is 1. The second-order valence-corrected chi connectivity index (χ2v) is 5.82. The Morgan fingerprint density at radius 1 is 1.50 bits per heavy atom. The molecule has 0 bridgehead atoms. The maximum Gasteiger partial charge on any atom is 0.0414 e. The molecule has 6 heavy (non-hydrogen) atoms. The molecule has 0 aromatic carbocycles. The van der Waals surface area contributed by atoms with Gasteiger partial charge in [-0.25, -0.2) is 0 Å². The van der Waals surface area contributed by atoms with E-state index in [1.807, 2.05) is 0 Å². The highest BCUT2D eigenvalue weighted by molar-refractivity contribution is 7.82. The van der Waals surface area contributed by atoms with Crippen LogP contribution in [0.1, 0.15) is 7.43 Å². The summed E-state index contributed by atoms with van der Waals surface area (Å²) in [5.74, 6) is 0. The molecule has 0 amide bonds. The molecule has 0 aliphatic rings. The zero-order valence-electron chi connectivity index (χ0n) is 3.73. The maximum atomic E-state index is 4.08. The molecular formula is C4H14SSi. The highest BCUT2D eigenvalue weighted by Crippen LogP contribution is 1.79. The standard InChI is InChI=1S/C3H10SSi.CH4/c1-5(2)3-4;/h4-5H,3H2,1-2H3;1H4. The van der Waals surface area contributed by atoms with Crippen LogP contribution in [0.25, 0.3) is 0 Å². The first-order valence-corrected chi connectivity index (χ1v) is 5.64. The first-order chi connectivity index (χ1) is 2.27. The molecule has 0 saturated heterocycles. The SMILES string of the molecule is C.C[SiH](C)CS. The predicted octanol–water partition coefficient (Wildman–Crippen LogP) is 1.58. The fraction of sp³-hybridized carbons (Fsp3) is 1.00. The Hall–Kier alpha value is 0.567. The fourth-order valence-electron chi connectivity index (χ4n) is 0. The van der Waals surface area contributed by atoms with Crippen molar-refractivity contribution in [3.05, 3.63) is 0 Å². The largest absolute Gasteiger partial charge is 0.183 e. The van der Waals surface area contributed by atoms with Gasteiger partial charge in [-0.3, -0.25) is 0 Å². The van der Waals surface area contributed by atoms with Crippen LogP contribution >= 0.6 is 12.6 Å². The van der Waals surface area contributed by atoms with Gasteiger partial charge in [0.2, 0.25) is 0 Å². The summed E-state index contributed by atoms with van der Waals surface area (Å²) in [6.45, 7) is 4.57. The molecule has 0 aromatic rings. The first-order valence-electron chi connectivity index (χ1n) is 1.88. The molecule has 0 radical (unpaired) electrons. The lowest BCUT2D eigenvalue weighted by atomic mass is 11.8. The third kappa shape index (κ3) is 8.82. The van der Waals surface area contributed by atoms with E-state index in [4.69, 9.17) is 0 Å². The van der Waals surface area contributed by atoms with E-state index in [9.17, 15) is 0 Å². The van der Waals surface area contributed by atoms with Crippen LogP contribution in [0.5, 0.6) is 0 Å². The van der Waals surface area contributed by atoms with Crippen LogP contribution < -0.4 is 0 Å². The molecule has 0 nitrogen and oxygen atoms in total. The fourth-order valence-corrected chi connectivity index (χ4v) is 0. The summed E-state index contributed by atoms with van der Waals surface area (Å²) in [6, 6.07) is 0. The number of hydrogen-bond acceptors (Lipinski definition) is 1. The van der Waals surface area contributed by atoms with E-state index in [1.54, 1.807) is 0 Å². The van der Waals surface area contributed by atoms with Crippen LogP contribution in [0, 0.1) is 0 Å². The van der Waals surface area contributed by atoms with Crippen LogP contribution in [-0.4, -0.2) is 14.2 Å². The normalized spacial score (nSPS) is 8.00.